The first kappa shape index (κ1) is 11.3. The minimum absolute atomic E-state index is 0.139. The van der Waals surface area contributed by atoms with Gasteiger partial charge in [0.1, 0.15) is 0 Å². The predicted molar refractivity (Wildman–Crippen MR) is 42.6 cm³/mol. The second-order valence-corrected chi connectivity index (χ2v) is 5.74. The molecule has 0 fully saturated rings. The second kappa shape index (κ2) is 7.43. The molecule has 0 aliphatic rings. The van der Waals surface area contributed by atoms with Crippen LogP contribution in [0.3, 0.4) is 0 Å². The fourth-order valence-corrected chi connectivity index (χ4v) is 0. The fourth-order valence-electron chi connectivity index (χ4n) is 0. The fraction of sp³-hybridized carbons (Fsp3) is 0.500. The molecule has 0 rings (SSSR count). The van der Waals surface area contributed by atoms with E-state index in [2.05, 4.69) is 26.2 Å². The molecule has 0 bridgehead atoms. The van der Waals surface area contributed by atoms with Crippen molar-refractivity contribution in [1.82, 2.24) is 0 Å². The van der Waals surface area contributed by atoms with Crippen molar-refractivity contribution in [2.45, 2.75) is 19.6 Å². The Balaban J connectivity index is 0. The van der Waals surface area contributed by atoms with Crippen LogP contribution in [0.15, 0.2) is 12.7 Å². The van der Waals surface area contributed by atoms with Crippen LogP contribution in [0.2, 0.25) is 19.6 Å². The van der Waals surface area contributed by atoms with Crippen molar-refractivity contribution in [2.75, 3.05) is 0 Å². The van der Waals surface area contributed by atoms with Crippen molar-refractivity contribution in [3.05, 3.63) is 12.7 Å². The van der Waals surface area contributed by atoms with Crippen LogP contribution in [0.5, 0.6) is 0 Å². The molecule has 0 unspecified atom stereocenters. The van der Waals surface area contributed by atoms with E-state index in [0.29, 0.717) is 0 Å². The highest BCUT2D eigenvalue weighted by molar-refractivity contribution is 6.54. The molecule has 0 spiro atoms. The average Bonchev–Trinajstić information content (AvgIpc) is 1.65. The van der Waals surface area contributed by atoms with Gasteiger partial charge in [-0.1, -0.05) is 26.2 Å². The van der Waals surface area contributed by atoms with Gasteiger partial charge in [0.25, 0.3) is 0 Å². The van der Waals surface area contributed by atoms with Crippen molar-refractivity contribution in [3.8, 4) is 0 Å². The Morgan fingerprint density at radius 2 is 1.67 bits per heavy atom. The SMILES string of the molecule is C=CC(=O)O.C[SiH](C)C. The number of hydrogen-bond acceptors (Lipinski definition) is 1. The van der Waals surface area contributed by atoms with E-state index in [-0.39, 0.29) is 8.80 Å². The number of aliphatic carboxylic acids is 1. The van der Waals surface area contributed by atoms with Gasteiger partial charge in [0.05, 0.1) is 0 Å². The number of rotatable bonds is 1. The Morgan fingerprint density at radius 1 is 1.56 bits per heavy atom. The third kappa shape index (κ3) is 107. The lowest BCUT2D eigenvalue weighted by Gasteiger charge is -1.75. The van der Waals surface area contributed by atoms with Crippen LogP contribution in [0.25, 0.3) is 0 Å². The highest BCUT2D eigenvalue weighted by Gasteiger charge is 1.73. The van der Waals surface area contributed by atoms with Gasteiger partial charge in [-0.05, 0) is 0 Å². The summed E-state index contributed by atoms with van der Waals surface area (Å²) >= 11 is 0. The maximum Gasteiger partial charge on any atom is 0.327 e. The molecule has 3 heteroatoms. The van der Waals surface area contributed by atoms with E-state index < -0.39 is 5.97 Å². The molecular weight excluding hydrogens is 132 g/mol. The molecule has 0 aromatic carbocycles. The van der Waals surface area contributed by atoms with E-state index in [1.807, 2.05) is 0 Å². The zero-order valence-electron chi connectivity index (χ0n) is 6.22. The van der Waals surface area contributed by atoms with Crippen LogP contribution in [0, 0.1) is 0 Å². The third-order valence-corrected chi connectivity index (χ3v) is 0.175. The first-order valence-electron chi connectivity index (χ1n) is 2.86. The first-order chi connectivity index (χ1) is 4.00. The molecule has 0 aliphatic heterocycles. The molecule has 0 aromatic heterocycles. The second-order valence-electron chi connectivity index (χ2n) is 2.27. The Labute approximate surface area is 57.8 Å². The van der Waals surface area contributed by atoms with Crippen molar-refractivity contribution >= 4 is 14.8 Å². The topological polar surface area (TPSA) is 37.3 Å². The summed E-state index contributed by atoms with van der Waals surface area (Å²) in [7, 11) is -0.139. The molecule has 0 saturated carbocycles. The molecule has 0 atom stereocenters. The highest BCUT2D eigenvalue weighted by Crippen LogP contribution is 1.68. The predicted octanol–water partition coefficient (Wildman–Crippen LogP) is 1.36. The van der Waals surface area contributed by atoms with Gasteiger partial charge in [0.2, 0.25) is 0 Å². The van der Waals surface area contributed by atoms with Crippen LogP contribution < -0.4 is 0 Å². The van der Waals surface area contributed by atoms with Gasteiger partial charge in [0.15, 0.2) is 0 Å². The molecule has 0 aliphatic carbocycles. The van der Waals surface area contributed by atoms with Crippen LogP contribution >= 0.6 is 0 Å². The average molecular weight is 146 g/mol. The molecule has 2 nitrogen and oxygen atoms in total. The van der Waals surface area contributed by atoms with E-state index in [1.165, 1.54) is 0 Å². The monoisotopic (exact) mass is 146 g/mol. The van der Waals surface area contributed by atoms with Gasteiger partial charge in [-0.25, -0.2) is 4.79 Å². The first-order valence-corrected chi connectivity index (χ1v) is 6.32. The summed E-state index contributed by atoms with van der Waals surface area (Å²) in [5.74, 6) is -0.981. The normalized spacial score (nSPS) is 7.56. The van der Waals surface area contributed by atoms with E-state index in [4.69, 9.17) is 5.11 Å². The summed E-state index contributed by atoms with van der Waals surface area (Å²) in [6, 6.07) is 0. The van der Waals surface area contributed by atoms with Gasteiger partial charge < -0.3 is 5.11 Å². The Hall–Kier alpha value is -0.573. The third-order valence-electron chi connectivity index (χ3n) is 0.175. The lowest BCUT2D eigenvalue weighted by molar-refractivity contribution is -0.131. The smallest absolute Gasteiger partial charge is 0.327 e. The molecule has 0 saturated heterocycles. The zero-order valence-corrected chi connectivity index (χ0v) is 7.37. The summed E-state index contributed by atoms with van der Waals surface area (Å²) in [5, 5.41) is 7.60. The maximum atomic E-state index is 9.25. The van der Waals surface area contributed by atoms with Crippen LogP contribution in [-0.2, 0) is 4.79 Å². The Morgan fingerprint density at radius 3 is 1.67 bits per heavy atom. The summed E-state index contributed by atoms with van der Waals surface area (Å²) in [6.07, 6.45) is 0.833. The Bertz CT molecular complexity index is 86.3. The van der Waals surface area contributed by atoms with Crippen molar-refractivity contribution < 1.29 is 9.90 Å². The summed E-state index contributed by atoms with van der Waals surface area (Å²) in [5.41, 5.74) is 0. The summed E-state index contributed by atoms with van der Waals surface area (Å²) < 4.78 is 0. The van der Waals surface area contributed by atoms with Crippen LogP contribution in [0.4, 0.5) is 0 Å². The molecular formula is C6H14O2Si. The molecule has 1 N–H and O–H groups in total. The standard InChI is InChI=1S/C3H4O2.C3H10Si/c1-2-3(4)5;1-4(2)3/h2H,1H2,(H,4,5);4H,1-3H3. The quantitative estimate of drug-likeness (QED) is 0.448. The van der Waals surface area contributed by atoms with E-state index in [1.54, 1.807) is 0 Å². The van der Waals surface area contributed by atoms with Gasteiger partial charge in [0, 0.05) is 14.9 Å². The molecule has 0 radical (unpaired) electrons. The van der Waals surface area contributed by atoms with Gasteiger partial charge >= 0.3 is 5.97 Å². The van der Waals surface area contributed by atoms with E-state index >= 15 is 0 Å². The molecule has 0 heterocycles. The largest absolute Gasteiger partial charge is 0.478 e. The van der Waals surface area contributed by atoms with E-state index in [9.17, 15) is 4.79 Å². The Kier molecular flexibility index (Phi) is 9.29. The van der Waals surface area contributed by atoms with E-state index in [0.717, 1.165) is 6.08 Å². The minimum Gasteiger partial charge on any atom is -0.478 e. The van der Waals surface area contributed by atoms with Crippen LogP contribution in [-0.4, -0.2) is 19.9 Å². The maximum absolute atomic E-state index is 9.25. The van der Waals surface area contributed by atoms with Gasteiger partial charge in [-0.15, -0.1) is 0 Å². The number of carboxylic acids is 1. The number of carboxylic acid groups (broad SMARTS) is 1. The number of carbonyl (C=O) groups is 1. The van der Waals surface area contributed by atoms with Crippen molar-refractivity contribution in [3.63, 3.8) is 0 Å². The van der Waals surface area contributed by atoms with Gasteiger partial charge in [-0.3, -0.25) is 0 Å². The lowest BCUT2D eigenvalue weighted by Crippen LogP contribution is -1.84. The highest BCUT2D eigenvalue weighted by atomic mass is 28.3. The van der Waals surface area contributed by atoms with Crippen molar-refractivity contribution in [1.29, 1.82) is 0 Å². The molecule has 54 valence electrons. The lowest BCUT2D eigenvalue weighted by atomic mass is 10.7. The number of hydrogen-bond donors (Lipinski definition) is 1. The zero-order chi connectivity index (χ0) is 7.86. The molecule has 9 heavy (non-hydrogen) atoms. The molecule has 0 aromatic rings. The summed E-state index contributed by atoms with van der Waals surface area (Å²) in [6.45, 7) is 9.88. The summed E-state index contributed by atoms with van der Waals surface area (Å²) in [4.78, 5) is 9.25. The molecule has 0 amide bonds. The van der Waals surface area contributed by atoms with Gasteiger partial charge in [-0.2, -0.15) is 0 Å². The van der Waals surface area contributed by atoms with Crippen LogP contribution in [0.1, 0.15) is 0 Å². The minimum atomic E-state index is -0.981. The van der Waals surface area contributed by atoms with Crippen molar-refractivity contribution in [2.24, 2.45) is 0 Å².